The SMILES string of the molecule is CCCCCCCCCCCCCCCCCCC(=O)OC[C@H](COP(=O)(O)OC[C@@H](O)COP(=O)(O)OC[C@@H](COC(=O)CCCCCCCCCCC)OC(=O)CCCCCCCCCCCCCC)OC(=O)CCCCCCCCCCCCCCCCC(C)C. The average Bonchev–Trinajstić information content (AvgIpc) is 1.65. The third kappa shape index (κ3) is 68.6. The average molecular weight is 1380 g/mol. The van der Waals surface area contributed by atoms with Gasteiger partial charge in [-0.15, -0.1) is 0 Å². The number of carbonyl (C=O) groups is 4. The monoisotopic (exact) mass is 1380 g/mol. The van der Waals surface area contributed by atoms with E-state index in [0.29, 0.717) is 25.7 Å². The van der Waals surface area contributed by atoms with Crippen molar-refractivity contribution in [2.75, 3.05) is 39.6 Å². The standard InChI is InChI=1S/C75H146O17P2/c1-6-9-12-15-18-21-23-25-26-27-31-35-39-44-49-54-59-73(78)86-65-71(92-75(80)61-56-51-46-41-36-32-29-28-30-33-38-42-47-52-57-68(4)5)67-90-94(83,84)88-63-69(76)62-87-93(81,82)89-66-70(64-85-72(77)58-53-48-43-37-20-17-14-11-8-3)91-74(79)60-55-50-45-40-34-24-22-19-16-13-10-7-2/h68-71,76H,6-67H2,1-5H3,(H,81,82)(H,83,84)/t69-,70+,71+/m0/s1. The van der Waals surface area contributed by atoms with Gasteiger partial charge in [0.25, 0.3) is 0 Å². The first kappa shape index (κ1) is 92.1. The second kappa shape index (κ2) is 68.2. The fourth-order valence-corrected chi connectivity index (χ4v) is 13.1. The molecule has 0 saturated heterocycles. The molecule has 0 spiro atoms. The van der Waals surface area contributed by atoms with E-state index in [1.54, 1.807) is 0 Å². The minimum atomic E-state index is -4.96. The lowest BCUT2D eigenvalue weighted by molar-refractivity contribution is -0.161. The first-order valence-corrected chi connectivity index (χ1v) is 42.1. The molecule has 0 radical (unpaired) electrons. The molecule has 0 heterocycles. The van der Waals surface area contributed by atoms with E-state index < -0.39 is 97.5 Å². The molecule has 0 aliphatic rings. The van der Waals surface area contributed by atoms with Crippen LogP contribution in [0.3, 0.4) is 0 Å². The topological polar surface area (TPSA) is 237 Å². The number of phosphoric ester groups is 2. The lowest BCUT2D eigenvalue weighted by Crippen LogP contribution is -2.30. The number of aliphatic hydroxyl groups is 1. The van der Waals surface area contributed by atoms with E-state index >= 15 is 0 Å². The van der Waals surface area contributed by atoms with Gasteiger partial charge in [-0.2, -0.15) is 0 Å². The van der Waals surface area contributed by atoms with Gasteiger partial charge in [0.05, 0.1) is 26.4 Å². The van der Waals surface area contributed by atoms with Crippen LogP contribution >= 0.6 is 15.6 Å². The lowest BCUT2D eigenvalue weighted by atomic mass is 10.0. The molecule has 0 saturated carbocycles. The molecule has 3 N–H and O–H groups in total. The number of hydrogen-bond donors (Lipinski definition) is 3. The van der Waals surface area contributed by atoms with Crippen LogP contribution in [0.25, 0.3) is 0 Å². The predicted octanol–water partition coefficient (Wildman–Crippen LogP) is 22.1. The first-order chi connectivity index (χ1) is 45.5. The van der Waals surface area contributed by atoms with Crippen LogP contribution in [0.15, 0.2) is 0 Å². The van der Waals surface area contributed by atoms with Crippen molar-refractivity contribution in [1.82, 2.24) is 0 Å². The summed E-state index contributed by atoms with van der Waals surface area (Å²) in [7, 11) is -9.91. The summed E-state index contributed by atoms with van der Waals surface area (Å²) < 4.78 is 68.5. The molecular weight excluding hydrogens is 1230 g/mol. The maximum absolute atomic E-state index is 13.1. The molecule has 0 bridgehead atoms. The molecule has 19 heteroatoms. The van der Waals surface area contributed by atoms with E-state index in [2.05, 4.69) is 34.6 Å². The van der Waals surface area contributed by atoms with Crippen LogP contribution in [-0.2, 0) is 65.4 Å². The van der Waals surface area contributed by atoms with Crippen LogP contribution in [-0.4, -0.2) is 96.7 Å². The molecule has 0 aromatic carbocycles. The lowest BCUT2D eigenvalue weighted by Gasteiger charge is -2.21. The van der Waals surface area contributed by atoms with Crippen molar-refractivity contribution in [3.05, 3.63) is 0 Å². The van der Waals surface area contributed by atoms with Gasteiger partial charge in [0.2, 0.25) is 0 Å². The number of rotatable bonds is 75. The van der Waals surface area contributed by atoms with E-state index in [1.807, 2.05) is 0 Å². The van der Waals surface area contributed by atoms with Crippen molar-refractivity contribution in [3.63, 3.8) is 0 Å². The summed E-state index contributed by atoms with van der Waals surface area (Å²) in [5, 5.41) is 10.6. The van der Waals surface area contributed by atoms with Crippen molar-refractivity contribution < 1.29 is 80.2 Å². The summed E-state index contributed by atoms with van der Waals surface area (Å²) in [6.07, 6.45) is 56.8. The Morgan fingerprint density at radius 3 is 0.723 bits per heavy atom. The fourth-order valence-electron chi connectivity index (χ4n) is 11.5. The van der Waals surface area contributed by atoms with Crippen molar-refractivity contribution in [2.45, 2.75) is 412 Å². The number of unbranched alkanes of at least 4 members (excludes halogenated alkanes) is 47. The number of phosphoric acid groups is 2. The molecule has 0 aliphatic heterocycles. The Morgan fingerprint density at radius 2 is 0.489 bits per heavy atom. The Morgan fingerprint density at radius 1 is 0.287 bits per heavy atom. The second-order valence-electron chi connectivity index (χ2n) is 27.5. The van der Waals surface area contributed by atoms with Crippen LogP contribution in [0.4, 0.5) is 0 Å². The summed E-state index contributed by atoms with van der Waals surface area (Å²) in [6.45, 7) is 7.30. The van der Waals surface area contributed by atoms with Crippen LogP contribution in [0.1, 0.15) is 394 Å². The van der Waals surface area contributed by atoms with Gasteiger partial charge >= 0.3 is 39.5 Å². The highest BCUT2D eigenvalue weighted by Crippen LogP contribution is 2.45. The number of hydrogen-bond acceptors (Lipinski definition) is 15. The van der Waals surface area contributed by atoms with E-state index in [9.17, 15) is 43.2 Å². The highest BCUT2D eigenvalue weighted by Gasteiger charge is 2.30. The fraction of sp³-hybridized carbons (Fsp3) is 0.947. The molecule has 558 valence electrons. The highest BCUT2D eigenvalue weighted by atomic mass is 31.2. The first-order valence-electron chi connectivity index (χ1n) is 39.1. The van der Waals surface area contributed by atoms with Crippen LogP contribution in [0.5, 0.6) is 0 Å². The van der Waals surface area contributed by atoms with Crippen LogP contribution in [0.2, 0.25) is 0 Å². The molecule has 0 aromatic rings. The van der Waals surface area contributed by atoms with Gasteiger partial charge in [-0.1, -0.05) is 343 Å². The Balaban J connectivity index is 5.23. The molecule has 0 fully saturated rings. The van der Waals surface area contributed by atoms with Gasteiger partial charge in [-0.3, -0.25) is 37.3 Å². The molecule has 0 aliphatic carbocycles. The third-order valence-electron chi connectivity index (χ3n) is 17.5. The number of ether oxygens (including phenoxy) is 4. The largest absolute Gasteiger partial charge is 0.472 e. The Bertz CT molecular complexity index is 1810. The zero-order valence-corrected chi connectivity index (χ0v) is 62.9. The summed E-state index contributed by atoms with van der Waals surface area (Å²) in [5.41, 5.74) is 0. The van der Waals surface area contributed by atoms with Gasteiger partial charge in [0.15, 0.2) is 12.2 Å². The predicted molar refractivity (Wildman–Crippen MR) is 382 cm³/mol. The summed E-state index contributed by atoms with van der Waals surface area (Å²) in [5.74, 6) is -1.32. The third-order valence-corrected chi connectivity index (χ3v) is 19.4. The zero-order valence-electron chi connectivity index (χ0n) is 61.1. The van der Waals surface area contributed by atoms with Crippen molar-refractivity contribution in [3.8, 4) is 0 Å². The van der Waals surface area contributed by atoms with Gasteiger partial charge < -0.3 is 33.8 Å². The number of aliphatic hydroxyl groups excluding tert-OH is 1. The van der Waals surface area contributed by atoms with Crippen LogP contribution in [0, 0.1) is 5.92 Å². The summed E-state index contributed by atoms with van der Waals surface area (Å²) in [4.78, 5) is 72.7. The minimum Gasteiger partial charge on any atom is -0.462 e. The molecule has 0 amide bonds. The van der Waals surface area contributed by atoms with E-state index in [1.165, 1.54) is 218 Å². The normalized spacial score (nSPS) is 14.0. The van der Waals surface area contributed by atoms with Gasteiger partial charge in [0.1, 0.15) is 19.3 Å². The van der Waals surface area contributed by atoms with Crippen molar-refractivity contribution in [2.24, 2.45) is 5.92 Å². The Kier molecular flexibility index (Phi) is 66.8. The Labute approximate surface area is 575 Å². The summed E-state index contributed by atoms with van der Waals surface area (Å²) in [6, 6.07) is 0. The van der Waals surface area contributed by atoms with Crippen molar-refractivity contribution in [1.29, 1.82) is 0 Å². The molecular formula is C75H146O17P2. The molecule has 2 unspecified atom stereocenters. The number of esters is 4. The quantitative estimate of drug-likeness (QED) is 0.0222. The molecule has 0 aromatic heterocycles. The van der Waals surface area contributed by atoms with Crippen molar-refractivity contribution >= 4 is 39.5 Å². The van der Waals surface area contributed by atoms with Gasteiger partial charge in [-0.25, -0.2) is 9.13 Å². The second-order valence-corrected chi connectivity index (χ2v) is 30.4. The highest BCUT2D eigenvalue weighted by molar-refractivity contribution is 7.47. The molecule has 0 rings (SSSR count). The van der Waals surface area contributed by atoms with Gasteiger partial charge in [-0.05, 0) is 31.6 Å². The van der Waals surface area contributed by atoms with E-state index in [4.69, 9.17) is 37.0 Å². The maximum Gasteiger partial charge on any atom is 0.472 e. The van der Waals surface area contributed by atoms with E-state index in [-0.39, 0.29) is 25.7 Å². The summed E-state index contributed by atoms with van der Waals surface area (Å²) >= 11 is 0. The van der Waals surface area contributed by atoms with Gasteiger partial charge in [0, 0.05) is 25.7 Å². The van der Waals surface area contributed by atoms with E-state index in [0.717, 1.165) is 95.8 Å². The molecule has 17 nitrogen and oxygen atoms in total. The zero-order chi connectivity index (χ0) is 69.1. The van der Waals surface area contributed by atoms with Crippen LogP contribution < -0.4 is 0 Å². The molecule has 5 atom stereocenters. The Hall–Kier alpha value is -1.94. The minimum absolute atomic E-state index is 0.108. The number of carbonyl (C=O) groups excluding carboxylic acids is 4. The molecule has 94 heavy (non-hydrogen) atoms. The smallest absolute Gasteiger partial charge is 0.462 e. The maximum atomic E-state index is 13.1.